The highest BCUT2D eigenvalue weighted by atomic mass is 16.6. The molecule has 0 radical (unpaired) electrons. The zero-order valence-electron chi connectivity index (χ0n) is 14.8. The molecule has 144 valence electrons. The molecule has 10 heteroatoms. The van der Waals surface area contributed by atoms with Crippen LogP contribution in [0.5, 0.6) is 0 Å². The summed E-state index contributed by atoms with van der Waals surface area (Å²) in [6.45, 7) is 2.78. The number of carbonyl (C=O) groups is 1. The van der Waals surface area contributed by atoms with E-state index < -0.39 is 36.6 Å². The Kier molecular flexibility index (Phi) is 5.03. The monoisotopic (exact) mass is 376 g/mol. The summed E-state index contributed by atoms with van der Waals surface area (Å²) in [5, 5.41) is 30.7. The molecule has 2 aromatic heterocycles. The topological polar surface area (TPSA) is 153 Å². The number of nitrogens with two attached hydrogens (primary N) is 1. The number of rotatable bonds is 3. The lowest BCUT2D eigenvalue weighted by Gasteiger charge is -2.27. The van der Waals surface area contributed by atoms with Crippen molar-refractivity contribution in [2.45, 2.75) is 37.9 Å². The van der Waals surface area contributed by atoms with Crippen molar-refractivity contribution in [1.82, 2.24) is 14.5 Å². The Bertz CT molecular complexity index is 929. The van der Waals surface area contributed by atoms with Gasteiger partial charge in [0.2, 0.25) is 0 Å². The first-order valence-electron chi connectivity index (χ1n) is 8.27. The molecule has 0 bridgehead atoms. The quantitative estimate of drug-likeness (QED) is 0.387. The molecular formula is C17H20N4O6. The van der Waals surface area contributed by atoms with E-state index in [0.717, 1.165) is 0 Å². The molecule has 1 aliphatic heterocycles. The van der Waals surface area contributed by atoms with Crippen LogP contribution < -0.4 is 5.73 Å². The van der Waals surface area contributed by atoms with Gasteiger partial charge in [-0.2, -0.15) is 0 Å². The van der Waals surface area contributed by atoms with Crippen LogP contribution >= 0.6 is 0 Å². The summed E-state index contributed by atoms with van der Waals surface area (Å²) in [4.78, 5) is 19.6. The largest absolute Gasteiger partial charge is 0.456 e. The number of esters is 1. The van der Waals surface area contributed by atoms with E-state index in [1.54, 1.807) is 6.92 Å². The Labute approximate surface area is 154 Å². The molecule has 2 aromatic rings. The second kappa shape index (κ2) is 7.13. The van der Waals surface area contributed by atoms with Gasteiger partial charge in [0, 0.05) is 12.1 Å². The highest BCUT2D eigenvalue weighted by Gasteiger charge is 2.53. The van der Waals surface area contributed by atoms with Gasteiger partial charge in [-0.05, 0) is 13.8 Å². The van der Waals surface area contributed by atoms with Gasteiger partial charge in [-0.3, -0.25) is 0 Å². The number of anilines is 1. The molecule has 27 heavy (non-hydrogen) atoms. The third-order valence-corrected chi connectivity index (χ3v) is 4.40. The lowest BCUT2D eigenvalue weighted by molar-refractivity contribution is -0.136. The van der Waals surface area contributed by atoms with E-state index in [0.29, 0.717) is 16.6 Å². The van der Waals surface area contributed by atoms with Crippen molar-refractivity contribution in [2.24, 2.45) is 0 Å². The number of aliphatic hydroxyl groups excluding tert-OH is 2. The molecule has 5 N–H and O–H groups in total. The number of nitrogen functional groups attached to an aromatic ring is 1. The van der Waals surface area contributed by atoms with E-state index >= 15 is 0 Å². The summed E-state index contributed by atoms with van der Waals surface area (Å²) >= 11 is 0. The van der Waals surface area contributed by atoms with Crippen molar-refractivity contribution in [3.05, 3.63) is 18.1 Å². The maximum Gasteiger partial charge on any atom is 0.384 e. The van der Waals surface area contributed by atoms with Crippen LogP contribution in [0.3, 0.4) is 0 Å². The minimum absolute atomic E-state index is 0.129. The molecule has 0 aromatic carbocycles. The van der Waals surface area contributed by atoms with Gasteiger partial charge in [0.05, 0.1) is 24.2 Å². The van der Waals surface area contributed by atoms with Crippen LogP contribution in [0.15, 0.2) is 12.5 Å². The number of aliphatic hydroxyl groups is 3. The Balaban J connectivity index is 2.13. The zero-order valence-corrected chi connectivity index (χ0v) is 14.8. The minimum Gasteiger partial charge on any atom is -0.456 e. The number of aromatic nitrogens is 3. The summed E-state index contributed by atoms with van der Waals surface area (Å²) in [7, 11) is 0. The van der Waals surface area contributed by atoms with E-state index in [1.807, 2.05) is 0 Å². The van der Waals surface area contributed by atoms with Gasteiger partial charge in [-0.15, -0.1) is 0 Å². The highest BCUT2D eigenvalue weighted by Crippen LogP contribution is 2.40. The molecule has 4 atom stereocenters. The van der Waals surface area contributed by atoms with Crippen molar-refractivity contribution in [3.8, 4) is 11.8 Å². The van der Waals surface area contributed by atoms with Crippen LogP contribution in [0, 0.1) is 11.8 Å². The average Bonchev–Trinajstić information content (AvgIpc) is 3.10. The Hall–Kier alpha value is -2.71. The molecule has 0 aliphatic carbocycles. The first-order valence-corrected chi connectivity index (χ1v) is 8.27. The van der Waals surface area contributed by atoms with Crippen LogP contribution in [0.2, 0.25) is 0 Å². The molecule has 3 heterocycles. The third-order valence-electron chi connectivity index (χ3n) is 4.40. The molecular weight excluding hydrogens is 356 g/mol. The summed E-state index contributed by atoms with van der Waals surface area (Å²) < 4.78 is 11.8. The lowest BCUT2D eigenvalue weighted by atomic mass is 9.96. The van der Waals surface area contributed by atoms with Crippen molar-refractivity contribution >= 4 is 22.8 Å². The molecule has 1 saturated heterocycles. The van der Waals surface area contributed by atoms with Crippen molar-refractivity contribution in [1.29, 1.82) is 0 Å². The fourth-order valence-corrected chi connectivity index (χ4v) is 3.06. The van der Waals surface area contributed by atoms with Gasteiger partial charge >= 0.3 is 5.97 Å². The summed E-state index contributed by atoms with van der Waals surface area (Å²) in [5.74, 6) is 4.44. The van der Waals surface area contributed by atoms with Gasteiger partial charge in [0.15, 0.2) is 6.23 Å². The number of ether oxygens (including phenoxy) is 2. The fourth-order valence-electron chi connectivity index (χ4n) is 3.06. The number of hydrogen-bond donors (Lipinski definition) is 4. The van der Waals surface area contributed by atoms with Crippen molar-refractivity contribution in [2.75, 3.05) is 18.9 Å². The Morgan fingerprint density at radius 2 is 2.26 bits per heavy atom. The van der Waals surface area contributed by atoms with Gasteiger partial charge in [0.25, 0.3) is 0 Å². The summed E-state index contributed by atoms with van der Waals surface area (Å²) in [5.41, 5.74) is 4.85. The normalized spacial score (nSPS) is 27.4. The molecule has 3 rings (SSSR count). The van der Waals surface area contributed by atoms with E-state index in [1.165, 1.54) is 24.0 Å². The molecule has 1 aliphatic rings. The number of hydrogen-bond acceptors (Lipinski definition) is 9. The SMILES string of the molecule is CCOC(=O)C#Cc1cn(C2O[C@H](CO)[C@@H](O)[C@]2(C)O)c2ncnc(N)c12. The number of nitrogens with zero attached hydrogens (tertiary/aromatic N) is 3. The first kappa shape index (κ1) is 19.1. The maximum absolute atomic E-state index is 11.5. The van der Waals surface area contributed by atoms with Gasteiger partial charge in [-0.25, -0.2) is 14.8 Å². The van der Waals surface area contributed by atoms with Gasteiger partial charge < -0.3 is 35.1 Å². The number of carbonyl (C=O) groups excluding carboxylic acids is 1. The lowest BCUT2D eigenvalue weighted by Crippen LogP contribution is -2.44. The Morgan fingerprint density at radius 1 is 1.52 bits per heavy atom. The second-order valence-electron chi connectivity index (χ2n) is 6.26. The predicted molar refractivity (Wildman–Crippen MR) is 93.1 cm³/mol. The number of fused-ring (bicyclic) bond motifs is 1. The third kappa shape index (κ3) is 3.22. The predicted octanol–water partition coefficient (Wildman–Crippen LogP) is -1.07. The van der Waals surface area contributed by atoms with Crippen molar-refractivity contribution < 1.29 is 29.6 Å². The van der Waals surface area contributed by atoms with Crippen LogP contribution in [-0.4, -0.2) is 66.8 Å². The van der Waals surface area contributed by atoms with Crippen LogP contribution in [-0.2, 0) is 14.3 Å². The smallest absolute Gasteiger partial charge is 0.384 e. The average molecular weight is 376 g/mol. The summed E-state index contributed by atoms with van der Waals surface area (Å²) in [6, 6.07) is 0. The molecule has 10 nitrogen and oxygen atoms in total. The van der Waals surface area contributed by atoms with Crippen LogP contribution in [0.4, 0.5) is 5.82 Å². The zero-order chi connectivity index (χ0) is 19.8. The van der Waals surface area contributed by atoms with E-state index in [-0.39, 0.29) is 12.4 Å². The molecule has 1 unspecified atom stereocenters. The summed E-state index contributed by atoms with van der Waals surface area (Å²) in [6.07, 6.45) is -0.637. The molecule has 0 amide bonds. The van der Waals surface area contributed by atoms with Crippen LogP contribution in [0.25, 0.3) is 11.0 Å². The second-order valence-corrected chi connectivity index (χ2v) is 6.26. The van der Waals surface area contributed by atoms with E-state index in [9.17, 15) is 20.1 Å². The van der Waals surface area contributed by atoms with Gasteiger partial charge in [0.1, 0.15) is 35.6 Å². The first-order chi connectivity index (χ1) is 12.8. The highest BCUT2D eigenvalue weighted by molar-refractivity contribution is 5.95. The van der Waals surface area contributed by atoms with Gasteiger partial charge in [-0.1, -0.05) is 5.92 Å². The van der Waals surface area contributed by atoms with E-state index in [2.05, 4.69) is 21.8 Å². The molecule has 0 spiro atoms. The molecule has 0 saturated carbocycles. The standard InChI is InChI=1S/C17H20N4O6/c1-3-26-11(23)5-4-9-6-21(15-12(9)14(18)19-8-20-15)16-17(2,25)13(24)10(7-22)27-16/h6,8,10,13,16,22,24-25H,3,7H2,1-2H3,(H2,18,19,20)/t10-,13-,16?,17+/m1/s1. The molecule has 1 fully saturated rings. The fraction of sp³-hybridized carbons (Fsp3) is 0.471. The Morgan fingerprint density at radius 3 is 2.89 bits per heavy atom. The minimum atomic E-state index is -1.72. The van der Waals surface area contributed by atoms with E-state index in [4.69, 9.17) is 15.2 Å². The van der Waals surface area contributed by atoms with Crippen molar-refractivity contribution in [3.63, 3.8) is 0 Å². The maximum atomic E-state index is 11.5. The van der Waals surface area contributed by atoms with Crippen LogP contribution in [0.1, 0.15) is 25.6 Å².